The van der Waals surface area contributed by atoms with E-state index in [4.69, 9.17) is 0 Å². The van der Waals surface area contributed by atoms with Gasteiger partial charge in [-0.2, -0.15) is 0 Å². The Kier molecular flexibility index (Phi) is 5.32. The van der Waals surface area contributed by atoms with Crippen LogP contribution in [0.15, 0.2) is 84.9 Å². The monoisotopic (exact) mass is 673 g/mol. The van der Waals surface area contributed by atoms with E-state index in [0.29, 0.717) is 0 Å². The summed E-state index contributed by atoms with van der Waals surface area (Å²) in [6, 6.07) is 33.8. The fourth-order valence-electron chi connectivity index (χ4n) is 11.6. The highest BCUT2D eigenvalue weighted by Crippen LogP contribution is 2.62. The lowest BCUT2D eigenvalue weighted by Gasteiger charge is -2.36. The molecule has 52 heavy (non-hydrogen) atoms. The molecule has 6 aromatic carbocycles. The number of benzene rings is 6. The van der Waals surface area contributed by atoms with Crippen LogP contribution in [0.3, 0.4) is 0 Å². The summed E-state index contributed by atoms with van der Waals surface area (Å²) in [5.74, 6) is 0. The van der Waals surface area contributed by atoms with E-state index in [9.17, 15) is 0 Å². The average molecular weight is 674 g/mol. The molecule has 0 atom stereocenters. The van der Waals surface area contributed by atoms with Crippen molar-refractivity contribution in [1.29, 1.82) is 0 Å². The SMILES string of the molecule is Cc1cc2c3c4c(cccc14)C(C)(C)c1cc(-c4ccc(-c5cc6c7c(c5)C(C)(C)c5cccc8c(C)cc(c-7c58)C6(C)C)n4C)cc(c1-3)C2(C)C. The van der Waals surface area contributed by atoms with Crippen LogP contribution in [0.1, 0.15) is 111 Å². The Hall–Kier alpha value is -4.88. The van der Waals surface area contributed by atoms with Crippen molar-refractivity contribution in [3.63, 3.8) is 0 Å². The summed E-state index contributed by atoms with van der Waals surface area (Å²) in [6.07, 6.45) is 0. The zero-order valence-corrected chi connectivity index (χ0v) is 32.5. The maximum Gasteiger partial charge on any atom is 0.0482 e. The fraction of sp³-hybridized carbons (Fsp3) is 0.294. The highest BCUT2D eigenvalue weighted by Gasteiger charge is 2.47. The second-order valence-electron chi connectivity index (χ2n) is 18.7. The average Bonchev–Trinajstić information content (AvgIpc) is 3.67. The van der Waals surface area contributed by atoms with E-state index in [1.54, 1.807) is 0 Å². The van der Waals surface area contributed by atoms with Crippen LogP contribution in [0.5, 0.6) is 0 Å². The van der Waals surface area contributed by atoms with Crippen molar-refractivity contribution in [2.45, 2.75) is 90.9 Å². The molecule has 0 unspecified atom stereocenters. The third kappa shape index (κ3) is 3.26. The number of aromatic nitrogens is 1. The first kappa shape index (κ1) is 30.7. The van der Waals surface area contributed by atoms with E-state index >= 15 is 0 Å². The molecule has 0 radical (unpaired) electrons. The third-order valence-electron chi connectivity index (χ3n) is 14.6. The quantitative estimate of drug-likeness (QED) is 0.172. The Morgan fingerprint density at radius 1 is 0.385 bits per heavy atom. The third-order valence-corrected chi connectivity index (χ3v) is 14.6. The van der Waals surface area contributed by atoms with Crippen molar-refractivity contribution in [2.24, 2.45) is 7.05 Å². The molecule has 7 aromatic rings. The van der Waals surface area contributed by atoms with Gasteiger partial charge in [-0.3, -0.25) is 0 Å². The summed E-state index contributed by atoms with van der Waals surface area (Å²) in [5.41, 5.74) is 25.2. The van der Waals surface area contributed by atoms with Crippen molar-refractivity contribution in [1.82, 2.24) is 4.57 Å². The molecule has 0 N–H and O–H groups in total. The molecule has 0 saturated heterocycles. The second kappa shape index (κ2) is 9.00. The molecular weight excluding hydrogens is 627 g/mol. The minimum Gasteiger partial charge on any atom is -0.344 e. The molecular formula is C51H47N. The summed E-state index contributed by atoms with van der Waals surface area (Å²) >= 11 is 0. The van der Waals surface area contributed by atoms with Gasteiger partial charge in [-0.1, -0.05) is 104 Å². The van der Waals surface area contributed by atoms with Crippen molar-refractivity contribution in [3.8, 4) is 44.8 Å². The van der Waals surface area contributed by atoms with E-state index in [1.807, 2.05) is 0 Å². The Bertz CT molecular complexity index is 2670. The first-order chi connectivity index (χ1) is 24.6. The van der Waals surface area contributed by atoms with Gasteiger partial charge in [-0.05, 0) is 161 Å². The Labute approximate surface area is 308 Å². The molecule has 1 aromatic heterocycles. The first-order valence-electron chi connectivity index (χ1n) is 19.3. The van der Waals surface area contributed by atoms with Gasteiger partial charge in [0.15, 0.2) is 0 Å². The van der Waals surface area contributed by atoms with Crippen LogP contribution in [-0.4, -0.2) is 4.57 Å². The van der Waals surface area contributed by atoms with Crippen molar-refractivity contribution < 1.29 is 0 Å². The lowest BCUT2D eigenvalue weighted by Crippen LogP contribution is -2.24. The predicted octanol–water partition coefficient (Wildman–Crippen LogP) is 13.2. The zero-order valence-electron chi connectivity index (χ0n) is 32.5. The van der Waals surface area contributed by atoms with Gasteiger partial charge >= 0.3 is 0 Å². The lowest BCUT2D eigenvalue weighted by molar-refractivity contribution is 0.639. The van der Waals surface area contributed by atoms with Gasteiger partial charge in [0.2, 0.25) is 0 Å². The summed E-state index contributed by atoms with van der Waals surface area (Å²) < 4.78 is 2.46. The van der Waals surface area contributed by atoms with Crippen LogP contribution in [0.4, 0.5) is 0 Å². The number of rotatable bonds is 2. The Morgan fingerprint density at radius 2 is 0.712 bits per heavy atom. The molecule has 0 spiro atoms. The summed E-state index contributed by atoms with van der Waals surface area (Å²) in [5, 5.41) is 5.76. The fourth-order valence-corrected chi connectivity index (χ4v) is 11.6. The standard InChI is InChI=1S/C51H47N/c1-26-20-34-46-42-30(26)14-12-16-32(42)48(3,4)36-22-28(24-38(44(36)46)50(34,7)8)40-18-19-41(52(40)11)29-23-37-45-39(25-29)51(9,10)35-21-27(2)31-15-13-17-33(49(37,5)6)43(31)47(35)45/h12-25H,1-11H3. The molecule has 0 saturated carbocycles. The Balaban J connectivity index is 1.13. The number of hydrogen-bond acceptors (Lipinski definition) is 0. The molecule has 0 aliphatic heterocycles. The van der Waals surface area contributed by atoms with Crippen molar-refractivity contribution >= 4 is 21.5 Å². The lowest BCUT2D eigenvalue weighted by atomic mass is 9.68. The molecule has 256 valence electrons. The number of aryl methyl sites for hydroxylation is 2. The van der Waals surface area contributed by atoms with Gasteiger partial charge in [0.1, 0.15) is 0 Å². The molecule has 0 bridgehead atoms. The van der Waals surface area contributed by atoms with E-state index in [0.717, 1.165) is 0 Å². The Morgan fingerprint density at radius 3 is 1.08 bits per heavy atom. The second-order valence-corrected chi connectivity index (χ2v) is 18.7. The molecule has 1 heterocycles. The molecule has 0 fully saturated rings. The van der Waals surface area contributed by atoms with Crippen LogP contribution in [0.2, 0.25) is 0 Å². The maximum absolute atomic E-state index is 2.53. The maximum atomic E-state index is 2.53. The highest BCUT2D eigenvalue weighted by atomic mass is 15.0. The topological polar surface area (TPSA) is 4.93 Å². The highest BCUT2D eigenvalue weighted by molar-refractivity contribution is 6.11. The number of nitrogens with zero attached hydrogens (tertiary/aromatic N) is 1. The van der Waals surface area contributed by atoms with Crippen molar-refractivity contribution in [3.05, 3.63) is 141 Å². The van der Waals surface area contributed by atoms with Gasteiger partial charge in [0, 0.05) is 40.1 Å². The van der Waals surface area contributed by atoms with E-state index in [1.165, 1.54) is 122 Å². The van der Waals surface area contributed by atoms with Crippen LogP contribution in [-0.2, 0) is 28.7 Å². The van der Waals surface area contributed by atoms with Gasteiger partial charge in [0.25, 0.3) is 0 Å². The number of hydrogen-bond donors (Lipinski definition) is 0. The van der Waals surface area contributed by atoms with E-state index in [-0.39, 0.29) is 21.7 Å². The van der Waals surface area contributed by atoms with Gasteiger partial charge < -0.3 is 4.57 Å². The predicted molar refractivity (Wildman–Crippen MR) is 220 cm³/mol. The molecule has 4 aliphatic carbocycles. The molecule has 4 aliphatic rings. The van der Waals surface area contributed by atoms with Crippen LogP contribution in [0, 0.1) is 13.8 Å². The molecule has 0 amide bonds. The van der Waals surface area contributed by atoms with Crippen LogP contribution >= 0.6 is 0 Å². The summed E-state index contributed by atoms with van der Waals surface area (Å²) in [6.45, 7) is 24.1. The zero-order chi connectivity index (χ0) is 36.2. The largest absolute Gasteiger partial charge is 0.344 e. The summed E-state index contributed by atoms with van der Waals surface area (Å²) in [4.78, 5) is 0. The van der Waals surface area contributed by atoms with Gasteiger partial charge in [0.05, 0.1) is 0 Å². The van der Waals surface area contributed by atoms with Crippen LogP contribution < -0.4 is 0 Å². The van der Waals surface area contributed by atoms with Crippen molar-refractivity contribution in [2.75, 3.05) is 0 Å². The summed E-state index contributed by atoms with van der Waals surface area (Å²) in [7, 11) is 2.28. The minimum atomic E-state index is -0.110. The smallest absolute Gasteiger partial charge is 0.0482 e. The van der Waals surface area contributed by atoms with Crippen LogP contribution in [0.25, 0.3) is 66.3 Å². The minimum absolute atomic E-state index is 0.0786. The normalized spacial score (nSPS) is 18.1. The van der Waals surface area contributed by atoms with Gasteiger partial charge in [-0.15, -0.1) is 0 Å². The van der Waals surface area contributed by atoms with Gasteiger partial charge in [-0.25, -0.2) is 0 Å². The molecule has 1 heteroatoms. The first-order valence-corrected chi connectivity index (χ1v) is 19.3. The molecule has 1 nitrogen and oxygen atoms in total. The molecule has 11 rings (SSSR count). The van der Waals surface area contributed by atoms with E-state index < -0.39 is 0 Å². The van der Waals surface area contributed by atoms with E-state index in [2.05, 4.69) is 166 Å².